The van der Waals surface area contributed by atoms with Crippen LogP contribution in [0, 0.1) is 5.92 Å². The lowest BCUT2D eigenvalue weighted by atomic mass is 9.84. The fourth-order valence-corrected chi connectivity index (χ4v) is 2.53. The largest absolute Gasteiger partial charge is 0.399 e. The summed E-state index contributed by atoms with van der Waals surface area (Å²) in [6.07, 6.45) is 5.52. The van der Waals surface area contributed by atoms with Crippen LogP contribution in [0.3, 0.4) is 0 Å². The number of Topliss-reactive ketones (excluding diaryl/α,β-unsaturated/α-hetero) is 1. The number of benzene rings is 1. The second kappa shape index (κ2) is 4.88. The van der Waals surface area contributed by atoms with E-state index in [1.54, 1.807) is 18.2 Å². The highest BCUT2D eigenvalue weighted by atomic mass is 35.5. The average molecular weight is 238 g/mol. The van der Waals surface area contributed by atoms with Crippen LogP contribution in [0.4, 0.5) is 5.69 Å². The molecule has 0 amide bonds. The summed E-state index contributed by atoms with van der Waals surface area (Å²) in [5.41, 5.74) is 6.88. The Kier molecular flexibility index (Phi) is 3.49. The molecule has 0 aromatic heterocycles. The lowest BCUT2D eigenvalue weighted by molar-refractivity contribution is 0.0890. The first kappa shape index (κ1) is 11.5. The SMILES string of the molecule is Nc1ccc(Cl)c(C(=O)C2CCCCC2)c1. The molecule has 0 atom stereocenters. The van der Waals surface area contributed by atoms with Gasteiger partial charge in [0.2, 0.25) is 0 Å². The van der Waals surface area contributed by atoms with Crippen molar-refractivity contribution >= 4 is 23.1 Å². The van der Waals surface area contributed by atoms with E-state index in [0.717, 1.165) is 25.7 Å². The molecule has 0 bridgehead atoms. The predicted octanol–water partition coefficient (Wildman–Crippen LogP) is 3.69. The smallest absolute Gasteiger partial charge is 0.167 e. The summed E-state index contributed by atoms with van der Waals surface area (Å²) in [5.74, 6) is 0.310. The molecule has 3 heteroatoms. The number of carbonyl (C=O) groups is 1. The van der Waals surface area contributed by atoms with Gasteiger partial charge in [-0.15, -0.1) is 0 Å². The average Bonchev–Trinajstić information content (AvgIpc) is 2.32. The minimum atomic E-state index is 0.146. The Morgan fingerprint density at radius 3 is 2.62 bits per heavy atom. The first-order valence-corrected chi connectivity index (χ1v) is 6.15. The van der Waals surface area contributed by atoms with Crippen molar-refractivity contribution in [1.29, 1.82) is 0 Å². The summed E-state index contributed by atoms with van der Waals surface area (Å²) in [5, 5.41) is 0.518. The molecule has 1 saturated carbocycles. The molecule has 1 aromatic carbocycles. The van der Waals surface area contributed by atoms with Crippen LogP contribution >= 0.6 is 11.6 Å². The molecule has 0 radical (unpaired) electrons. The summed E-state index contributed by atoms with van der Waals surface area (Å²) in [4.78, 5) is 12.2. The van der Waals surface area contributed by atoms with E-state index in [9.17, 15) is 4.79 Å². The van der Waals surface area contributed by atoms with E-state index < -0.39 is 0 Å². The van der Waals surface area contributed by atoms with E-state index in [2.05, 4.69) is 0 Å². The Morgan fingerprint density at radius 1 is 1.25 bits per heavy atom. The zero-order chi connectivity index (χ0) is 11.5. The topological polar surface area (TPSA) is 43.1 Å². The number of ketones is 1. The number of rotatable bonds is 2. The normalized spacial score (nSPS) is 17.3. The standard InChI is InChI=1S/C13H16ClNO/c14-12-7-6-10(15)8-11(12)13(16)9-4-2-1-3-5-9/h6-9H,1-5,15H2. The van der Waals surface area contributed by atoms with Gasteiger partial charge in [0.1, 0.15) is 0 Å². The van der Waals surface area contributed by atoms with Crippen LogP contribution in [0.1, 0.15) is 42.5 Å². The fraction of sp³-hybridized carbons (Fsp3) is 0.462. The van der Waals surface area contributed by atoms with Crippen molar-refractivity contribution in [3.8, 4) is 0 Å². The molecular formula is C13H16ClNO. The third kappa shape index (κ3) is 2.38. The molecule has 86 valence electrons. The molecule has 1 aromatic rings. The first-order chi connectivity index (χ1) is 7.68. The molecule has 1 aliphatic rings. The van der Waals surface area contributed by atoms with Crippen LogP contribution in [-0.2, 0) is 0 Å². The van der Waals surface area contributed by atoms with Crippen LogP contribution in [0.25, 0.3) is 0 Å². The second-order valence-electron chi connectivity index (χ2n) is 4.44. The number of hydrogen-bond donors (Lipinski definition) is 1. The summed E-state index contributed by atoms with van der Waals surface area (Å²) in [6, 6.07) is 5.12. The van der Waals surface area contributed by atoms with Gasteiger partial charge in [-0.05, 0) is 31.0 Å². The van der Waals surface area contributed by atoms with Crippen LogP contribution in [0.15, 0.2) is 18.2 Å². The highest BCUT2D eigenvalue weighted by Gasteiger charge is 2.23. The lowest BCUT2D eigenvalue weighted by Gasteiger charge is -2.20. The molecule has 2 nitrogen and oxygen atoms in total. The maximum absolute atomic E-state index is 12.2. The van der Waals surface area contributed by atoms with Crippen molar-refractivity contribution in [3.05, 3.63) is 28.8 Å². The highest BCUT2D eigenvalue weighted by molar-refractivity contribution is 6.34. The van der Waals surface area contributed by atoms with Crippen molar-refractivity contribution < 1.29 is 4.79 Å². The van der Waals surface area contributed by atoms with Gasteiger partial charge in [0.25, 0.3) is 0 Å². The Labute approximate surface area is 101 Å². The van der Waals surface area contributed by atoms with Crippen molar-refractivity contribution in [3.63, 3.8) is 0 Å². The van der Waals surface area contributed by atoms with Gasteiger partial charge in [0, 0.05) is 17.2 Å². The van der Waals surface area contributed by atoms with E-state index >= 15 is 0 Å². The summed E-state index contributed by atoms with van der Waals surface area (Å²) >= 11 is 6.03. The number of nitrogens with two attached hydrogens (primary N) is 1. The Balaban J connectivity index is 2.22. The zero-order valence-corrected chi connectivity index (χ0v) is 9.96. The fourth-order valence-electron chi connectivity index (χ4n) is 2.32. The molecule has 2 rings (SSSR count). The minimum Gasteiger partial charge on any atom is -0.399 e. The van der Waals surface area contributed by atoms with Crippen molar-refractivity contribution in [2.45, 2.75) is 32.1 Å². The van der Waals surface area contributed by atoms with E-state index in [4.69, 9.17) is 17.3 Å². The third-order valence-electron chi connectivity index (χ3n) is 3.23. The molecule has 0 unspecified atom stereocenters. The third-order valence-corrected chi connectivity index (χ3v) is 3.56. The monoisotopic (exact) mass is 237 g/mol. The lowest BCUT2D eigenvalue weighted by Crippen LogP contribution is -2.18. The van der Waals surface area contributed by atoms with Crippen LogP contribution < -0.4 is 5.73 Å². The first-order valence-electron chi connectivity index (χ1n) is 5.77. The van der Waals surface area contributed by atoms with Gasteiger partial charge in [-0.1, -0.05) is 30.9 Å². The van der Waals surface area contributed by atoms with E-state index in [0.29, 0.717) is 16.3 Å². The van der Waals surface area contributed by atoms with Gasteiger partial charge in [-0.3, -0.25) is 4.79 Å². The molecule has 16 heavy (non-hydrogen) atoms. The number of halogens is 1. The number of anilines is 1. The highest BCUT2D eigenvalue weighted by Crippen LogP contribution is 2.30. The van der Waals surface area contributed by atoms with Crippen molar-refractivity contribution in [2.24, 2.45) is 5.92 Å². The minimum absolute atomic E-state index is 0.146. The molecule has 0 aliphatic heterocycles. The summed E-state index contributed by atoms with van der Waals surface area (Å²) in [6.45, 7) is 0. The van der Waals surface area contributed by atoms with Gasteiger partial charge in [0.15, 0.2) is 5.78 Å². The van der Waals surface area contributed by atoms with Gasteiger partial charge < -0.3 is 5.73 Å². The van der Waals surface area contributed by atoms with E-state index in [-0.39, 0.29) is 11.7 Å². The Hall–Kier alpha value is -1.02. The van der Waals surface area contributed by atoms with Crippen molar-refractivity contribution in [2.75, 3.05) is 5.73 Å². The molecule has 2 N–H and O–H groups in total. The Morgan fingerprint density at radius 2 is 1.94 bits per heavy atom. The maximum Gasteiger partial charge on any atom is 0.167 e. The summed E-state index contributed by atoms with van der Waals surface area (Å²) < 4.78 is 0. The Bertz CT molecular complexity index is 397. The molecule has 0 saturated heterocycles. The zero-order valence-electron chi connectivity index (χ0n) is 9.21. The van der Waals surface area contributed by atoms with Gasteiger partial charge in [-0.2, -0.15) is 0 Å². The van der Waals surface area contributed by atoms with Gasteiger partial charge in [-0.25, -0.2) is 0 Å². The molecule has 0 heterocycles. The van der Waals surface area contributed by atoms with Crippen LogP contribution in [-0.4, -0.2) is 5.78 Å². The number of carbonyl (C=O) groups excluding carboxylic acids is 1. The number of hydrogen-bond acceptors (Lipinski definition) is 2. The quantitative estimate of drug-likeness (QED) is 0.630. The summed E-state index contributed by atoms with van der Waals surface area (Å²) in [7, 11) is 0. The van der Waals surface area contributed by atoms with E-state index in [1.165, 1.54) is 6.42 Å². The second-order valence-corrected chi connectivity index (χ2v) is 4.85. The number of nitrogen functional groups attached to an aromatic ring is 1. The molecule has 0 spiro atoms. The molecule has 1 fully saturated rings. The van der Waals surface area contributed by atoms with E-state index in [1.807, 2.05) is 0 Å². The molecular weight excluding hydrogens is 222 g/mol. The van der Waals surface area contributed by atoms with Gasteiger partial charge in [0.05, 0.1) is 5.02 Å². The van der Waals surface area contributed by atoms with Crippen molar-refractivity contribution in [1.82, 2.24) is 0 Å². The van der Waals surface area contributed by atoms with Gasteiger partial charge >= 0.3 is 0 Å². The maximum atomic E-state index is 12.2. The predicted molar refractivity (Wildman–Crippen MR) is 66.8 cm³/mol. The molecule has 1 aliphatic carbocycles. The van der Waals surface area contributed by atoms with Crippen LogP contribution in [0.2, 0.25) is 5.02 Å². The van der Waals surface area contributed by atoms with Crippen LogP contribution in [0.5, 0.6) is 0 Å².